The third kappa shape index (κ3) is 2.28. The lowest BCUT2D eigenvalue weighted by Crippen LogP contribution is -2.54. The molecule has 2 aliphatic heterocycles. The molecular weight excluding hydrogens is 270 g/mol. The van der Waals surface area contributed by atoms with Gasteiger partial charge in [0.1, 0.15) is 0 Å². The zero-order valence-corrected chi connectivity index (χ0v) is 11.5. The van der Waals surface area contributed by atoms with Gasteiger partial charge in [0.2, 0.25) is 10.0 Å². The molecule has 4 aliphatic rings. The molecule has 2 saturated heterocycles. The lowest BCUT2D eigenvalue weighted by Gasteiger charge is -2.41. The number of hydrogen-bond acceptors (Lipinski definition) is 4. The Bertz CT molecular complexity index is 490. The molecule has 2 N–H and O–H groups in total. The minimum Gasteiger partial charge on any atom is -0.481 e. The van der Waals surface area contributed by atoms with Crippen molar-refractivity contribution in [2.45, 2.75) is 37.7 Å². The van der Waals surface area contributed by atoms with Crippen molar-refractivity contribution < 1.29 is 23.1 Å². The zero-order chi connectivity index (χ0) is 13.7. The van der Waals surface area contributed by atoms with Gasteiger partial charge in [-0.1, -0.05) is 6.42 Å². The molecule has 2 bridgehead atoms. The molecule has 0 aromatic rings. The smallest absolute Gasteiger partial charge is 0.312 e. The quantitative estimate of drug-likeness (QED) is 0.735. The summed E-state index contributed by atoms with van der Waals surface area (Å²) in [6.07, 6.45) is 3.94. The molecule has 4 rings (SSSR count). The molecule has 19 heavy (non-hydrogen) atoms. The van der Waals surface area contributed by atoms with E-state index in [1.165, 1.54) is 0 Å². The maximum absolute atomic E-state index is 11.9. The van der Waals surface area contributed by atoms with Gasteiger partial charge in [-0.3, -0.25) is 4.79 Å². The number of carboxylic acid groups (broad SMARTS) is 1. The molecule has 0 unspecified atom stereocenters. The summed E-state index contributed by atoms with van der Waals surface area (Å²) in [6, 6.07) is 0. The topological polar surface area (TPSA) is 92.7 Å². The van der Waals surface area contributed by atoms with Crippen molar-refractivity contribution in [3.05, 3.63) is 0 Å². The third-order valence-electron chi connectivity index (χ3n) is 4.72. The van der Waals surface area contributed by atoms with Crippen molar-refractivity contribution in [1.82, 2.24) is 4.72 Å². The van der Waals surface area contributed by atoms with E-state index in [9.17, 15) is 13.2 Å². The van der Waals surface area contributed by atoms with Gasteiger partial charge in [-0.2, -0.15) is 0 Å². The van der Waals surface area contributed by atoms with E-state index in [4.69, 9.17) is 9.84 Å². The lowest BCUT2D eigenvalue weighted by molar-refractivity contribution is -0.153. The number of sulfonamides is 1. The second-order valence-corrected chi connectivity index (χ2v) is 8.16. The fraction of sp³-hybridized carbons (Fsp3) is 0.917. The Hall–Kier alpha value is -0.660. The fourth-order valence-electron chi connectivity index (χ4n) is 3.34. The summed E-state index contributed by atoms with van der Waals surface area (Å²) in [5, 5.41) is 9.09. The van der Waals surface area contributed by atoms with Gasteiger partial charge in [-0.25, -0.2) is 13.1 Å². The molecule has 2 heterocycles. The van der Waals surface area contributed by atoms with E-state index in [1.54, 1.807) is 0 Å². The van der Waals surface area contributed by atoms with Gasteiger partial charge >= 0.3 is 5.97 Å². The minimum absolute atomic E-state index is 0.188. The molecule has 2 aliphatic carbocycles. The summed E-state index contributed by atoms with van der Waals surface area (Å²) in [5.74, 6) is -0.357. The normalized spacial score (nSPS) is 37.7. The van der Waals surface area contributed by atoms with Gasteiger partial charge in [0.05, 0.1) is 23.4 Å². The number of carboxylic acids is 1. The first kappa shape index (κ1) is 13.3. The van der Waals surface area contributed by atoms with Crippen LogP contribution in [0.2, 0.25) is 0 Å². The molecule has 0 spiro atoms. The highest BCUT2D eigenvalue weighted by Gasteiger charge is 2.66. The molecule has 0 amide bonds. The first-order chi connectivity index (χ1) is 8.85. The largest absolute Gasteiger partial charge is 0.481 e. The standard InChI is InChI=1S/C12H19NO5S/c14-10(15)11-5-12(6-11,18-8-11)7-13-19(16,17)4-9-2-1-3-9/h9,13H,1-8H2,(H,14,15). The second kappa shape index (κ2) is 4.17. The summed E-state index contributed by atoms with van der Waals surface area (Å²) in [4.78, 5) is 11.1. The Balaban J connectivity index is 1.52. The monoisotopic (exact) mass is 289 g/mol. The van der Waals surface area contributed by atoms with Crippen LogP contribution in [-0.2, 0) is 19.6 Å². The van der Waals surface area contributed by atoms with E-state index in [0.717, 1.165) is 19.3 Å². The Kier molecular flexibility index (Phi) is 2.92. The second-order valence-electron chi connectivity index (χ2n) is 6.31. The predicted octanol–water partition coefficient (Wildman–Crippen LogP) is 0.340. The van der Waals surface area contributed by atoms with Crippen molar-refractivity contribution in [3.8, 4) is 0 Å². The van der Waals surface area contributed by atoms with Crippen LogP contribution in [0.4, 0.5) is 0 Å². The van der Waals surface area contributed by atoms with Gasteiger partial charge in [0, 0.05) is 6.54 Å². The van der Waals surface area contributed by atoms with Crippen LogP contribution < -0.4 is 4.72 Å². The van der Waals surface area contributed by atoms with Crippen LogP contribution >= 0.6 is 0 Å². The van der Waals surface area contributed by atoms with Crippen LogP contribution in [0, 0.1) is 11.3 Å². The van der Waals surface area contributed by atoms with E-state index in [2.05, 4.69) is 4.72 Å². The number of rotatable bonds is 6. The Morgan fingerprint density at radius 1 is 1.37 bits per heavy atom. The summed E-state index contributed by atoms with van der Waals surface area (Å²) in [6.45, 7) is 0.407. The highest BCUT2D eigenvalue weighted by Crippen LogP contribution is 2.57. The number of hydrogen-bond donors (Lipinski definition) is 2. The molecule has 0 radical (unpaired) electrons. The first-order valence-electron chi connectivity index (χ1n) is 6.70. The molecule has 0 aromatic heterocycles. The molecule has 108 valence electrons. The van der Waals surface area contributed by atoms with Crippen LogP contribution in [0.25, 0.3) is 0 Å². The van der Waals surface area contributed by atoms with Crippen LogP contribution in [0.3, 0.4) is 0 Å². The van der Waals surface area contributed by atoms with Crippen LogP contribution in [-0.4, -0.2) is 44.0 Å². The number of ether oxygens (including phenoxy) is 1. The average molecular weight is 289 g/mol. The van der Waals surface area contributed by atoms with Gasteiger partial charge in [-0.15, -0.1) is 0 Å². The van der Waals surface area contributed by atoms with Crippen LogP contribution in [0.15, 0.2) is 0 Å². The Morgan fingerprint density at radius 2 is 2.05 bits per heavy atom. The number of nitrogens with one attached hydrogen (secondary N) is 1. The maximum atomic E-state index is 11.9. The van der Waals surface area contributed by atoms with E-state index >= 15 is 0 Å². The summed E-state index contributed by atoms with van der Waals surface area (Å²) in [5.41, 5.74) is -1.34. The Labute approximate surface area is 112 Å². The van der Waals surface area contributed by atoms with E-state index < -0.39 is 27.0 Å². The molecule has 6 nitrogen and oxygen atoms in total. The first-order valence-corrected chi connectivity index (χ1v) is 8.35. The van der Waals surface area contributed by atoms with Crippen molar-refractivity contribution in [1.29, 1.82) is 0 Å². The molecular formula is C12H19NO5S. The molecule has 7 heteroatoms. The number of aliphatic carboxylic acids is 1. The van der Waals surface area contributed by atoms with Gasteiger partial charge in [-0.05, 0) is 31.6 Å². The van der Waals surface area contributed by atoms with E-state index in [0.29, 0.717) is 18.8 Å². The Morgan fingerprint density at radius 3 is 2.53 bits per heavy atom. The van der Waals surface area contributed by atoms with Crippen LogP contribution in [0.1, 0.15) is 32.1 Å². The highest BCUT2D eigenvalue weighted by atomic mass is 32.2. The predicted molar refractivity (Wildman–Crippen MR) is 67.1 cm³/mol. The lowest BCUT2D eigenvalue weighted by atomic mass is 9.62. The van der Waals surface area contributed by atoms with Crippen molar-refractivity contribution in [3.63, 3.8) is 0 Å². The highest BCUT2D eigenvalue weighted by molar-refractivity contribution is 7.89. The van der Waals surface area contributed by atoms with Crippen LogP contribution in [0.5, 0.6) is 0 Å². The molecule has 0 aromatic carbocycles. The zero-order valence-electron chi connectivity index (χ0n) is 10.7. The fourth-order valence-corrected chi connectivity index (χ4v) is 4.89. The summed E-state index contributed by atoms with van der Waals surface area (Å²) >= 11 is 0. The maximum Gasteiger partial charge on any atom is 0.312 e. The molecule has 4 fully saturated rings. The minimum atomic E-state index is -3.26. The molecule has 0 atom stereocenters. The number of fused-ring (bicyclic) bond motifs is 1. The summed E-state index contributed by atoms with van der Waals surface area (Å²) in [7, 11) is -3.26. The molecule has 2 saturated carbocycles. The van der Waals surface area contributed by atoms with Gasteiger partial charge in [0.15, 0.2) is 0 Å². The van der Waals surface area contributed by atoms with E-state index in [-0.39, 0.29) is 18.9 Å². The van der Waals surface area contributed by atoms with Gasteiger partial charge in [0.25, 0.3) is 0 Å². The van der Waals surface area contributed by atoms with Gasteiger partial charge < -0.3 is 9.84 Å². The number of carbonyl (C=O) groups is 1. The SMILES string of the molecule is O=C(O)C12COC(CNS(=O)(=O)CC3CCC3)(C1)C2. The van der Waals surface area contributed by atoms with E-state index in [1.807, 2.05) is 0 Å². The van der Waals surface area contributed by atoms with Crippen molar-refractivity contribution in [2.75, 3.05) is 18.9 Å². The van der Waals surface area contributed by atoms with Crippen molar-refractivity contribution >= 4 is 16.0 Å². The van der Waals surface area contributed by atoms with Crippen molar-refractivity contribution in [2.24, 2.45) is 11.3 Å². The average Bonchev–Trinajstić information content (AvgIpc) is 2.77. The summed E-state index contributed by atoms with van der Waals surface area (Å²) < 4.78 is 31.9. The third-order valence-corrected chi connectivity index (χ3v) is 6.22.